The van der Waals surface area contributed by atoms with Gasteiger partial charge in [-0.2, -0.15) is 0 Å². The minimum absolute atomic E-state index is 0.0796. The molecule has 3 heterocycles. The van der Waals surface area contributed by atoms with Crippen LogP contribution in [0.4, 0.5) is 4.79 Å². The maximum absolute atomic E-state index is 12.9. The third-order valence-electron chi connectivity index (χ3n) is 5.50. The van der Waals surface area contributed by atoms with Crippen molar-refractivity contribution in [1.29, 1.82) is 0 Å². The van der Waals surface area contributed by atoms with Gasteiger partial charge in [-0.15, -0.1) is 0 Å². The summed E-state index contributed by atoms with van der Waals surface area (Å²) < 4.78 is 0. The minimum atomic E-state index is -0.787. The molecule has 6 nitrogen and oxygen atoms in total. The van der Waals surface area contributed by atoms with Crippen LogP contribution in [0.5, 0.6) is 0 Å². The number of nitrogens with one attached hydrogen (secondary N) is 1. The van der Waals surface area contributed by atoms with E-state index >= 15 is 0 Å². The van der Waals surface area contributed by atoms with Crippen molar-refractivity contribution in [3.63, 3.8) is 0 Å². The molecule has 0 spiro atoms. The molecule has 0 bridgehead atoms. The summed E-state index contributed by atoms with van der Waals surface area (Å²) in [4.78, 5) is 33.3. The Morgan fingerprint density at radius 2 is 2.16 bits per heavy atom. The molecule has 3 rings (SSSR count). The van der Waals surface area contributed by atoms with Gasteiger partial charge < -0.3 is 10.2 Å². The molecule has 0 radical (unpaired) electrons. The third-order valence-corrected chi connectivity index (χ3v) is 5.50. The average Bonchev–Trinajstić information content (AvgIpc) is 2.84. The van der Waals surface area contributed by atoms with Crippen LogP contribution in [0, 0.1) is 5.92 Å². The smallest absolute Gasteiger partial charge is 0.323 e. The molecule has 2 saturated heterocycles. The number of amides is 3. The van der Waals surface area contributed by atoms with Crippen molar-refractivity contribution in [3.05, 3.63) is 30.1 Å². The van der Waals surface area contributed by atoms with Crippen molar-refractivity contribution in [2.75, 3.05) is 19.6 Å². The SMILES string of the molecule is CC(C)N1C(=O)N[C@](C)([C@@H]2CCCN(CCc3ccccn3)C2)C1=O. The number of hydrogen-bond acceptors (Lipinski definition) is 4. The van der Waals surface area contributed by atoms with E-state index in [1.807, 2.05) is 45.2 Å². The summed E-state index contributed by atoms with van der Waals surface area (Å²) in [5, 5.41) is 2.97. The van der Waals surface area contributed by atoms with E-state index < -0.39 is 5.54 Å². The number of pyridine rings is 1. The highest BCUT2D eigenvalue weighted by molar-refractivity contribution is 6.07. The Balaban J connectivity index is 1.65. The van der Waals surface area contributed by atoms with E-state index in [0.717, 1.165) is 44.6 Å². The highest BCUT2D eigenvalue weighted by atomic mass is 16.2. The van der Waals surface area contributed by atoms with Crippen LogP contribution < -0.4 is 5.32 Å². The standard InChI is InChI=1S/C19H28N4O2/c1-14(2)23-17(24)19(3,21-18(23)25)15-7-6-11-22(13-15)12-9-16-8-4-5-10-20-16/h4-5,8,10,14-15H,6-7,9,11-13H2,1-3H3,(H,21,25)/t15-,19-/m1/s1. The maximum Gasteiger partial charge on any atom is 0.325 e. The van der Waals surface area contributed by atoms with Gasteiger partial charge in [0, 0.05) is 43.4 Å². The zero-order chi connectivity index (χ0) is 18.0. The first-order valence-electron chi connectivity index (χ1n) is 9.20. The summed E-state index contributed by atoms with van der Waals surface area (Å²) in [6.07, 6.45) is 4.74. The van der Waals surface area contributed by atoms with E-state index in [1.165, 1.54) is 4.90 Å². The molecule has 1 aromatic rings. The van der Waals surface area contributed by atoms with Crippen LogP contribution in [-0.4, -0.2) is 57.9 Å². The molecule has 2 fully saturated rings. The molecule has 136 valence electrons. The second-order valence-electron chi connectivity index (χ2n) is 7.61. The van der Waals surface area contributed by atoms with Gasteiger partial charge in [-0.3, -0.25) is 14.7 Å². The topological polar surface area (TPSA) is 65.5 Å². The zero-order valence-electron chi connectivity index (χ0n) is 15.4. The van der Waals surface area contributed by atoms with Crippen molar-refractivity contribution < 1.29 is 9.59 Å². The summed E-state index contributed by atoms with van der Waals surface area (Å²) >= 11 is 0. The predicted molar refractivity (Wildman–Crippen MR) is 96.0 cm³/mol. The first-order valence-corrected chi connectivity index (χ1v) is 9.20. The normalized spacial score (nSPS) is 27.8. The minimum Gasteiger partial charge on any atom is -0.323 e. The Labute approximate surface area is 149 Å². The largest absolute Gasteiger partial charge is 0.325 e. The number of rotatable bonds is 5. The molecule has 3 amide bonds. The van der Waals surface area contributed by atoms with E-state index in [1.54, 1.807) is 0 Å². The first kappa shape index (κ1) is 17.9. The van der Waals surface area contributed by atoms with E-state index in [9.17, 15) is 9.59 Å². The first-order chi connectivity index (χ1) is 11.9. The summed E-state index contributed by atoms with van der Waals surface area (Å²) in [6, 6.07) is 5.61. The summed E-state index contributed by atoms with van der Waals surface area (Å²) in [7, 11) is 0. The van der Waals surface area contributed by atoms with E-state index in [2.05, 4.69) is 15.2 Å². The summed E-state index contributed by atoms with van der Waals surface area (Å²) in [6.45, 7) is 8.45. The van der Waals surface area contributed by atoms with Crippen LogP contribution in [-0.2, 0) is 11.2 Å². The highest BCUT2D eigenvalue weighted by Crippen LogP contribution is 2.33. The molecular formula is C19H28N4O2. The second kappa shape index (κ2) is 7.12. The van der Waals surface area contributed by atoms with Gasteiger partial charge in [0.2, 0.25) is 0 Å². The molecule has 2 aliphatic rings. The Hall–Kier alpha value is -1.95. The van der Waals surface area contributed by atoms with Crippen LogP contribution in [0.3, 0.4) is 0 Å². The Morgan fingerprint density at radius 3 is 2.80 bits per heavy atom. The van der Waals surface area contributed by atoms with Crippen LogP contribution in [0.25, 0.3) is 0 Å². The van der Waals surface area contributed by atoms with E-state index in [4.69, 9.17) is 0 Å². The van der Waals surface area contributed by atoms with Gasteiger partial charge in [0.1, 0.15) is 5.54 Å². The molecule has 0 aromatic carbocycles. The monoisotopic (exact) mass is 344 g/mol. The lowest BCUT2D eigenvalue weighted by Crippen LogP contribution is -2.56. The van der Waals surface area contributed by atoms with Crippen molar-refractivity contribution in [1.82, 2.24) is 20.1 Å². The fourth-order valence-corrected chi connectivity index (χ4v) is 3.97. The number of likely N-dealkylation sites (tertiary alicyclic amines) is 1. The zero-order valence-corrected chi connectivity index (χ0v) is 15.4. The lowest BCUT2D eigenvalue weighted by atomic mass is 9.79. The molecular weight excluding hydrogens is 316 g/mol. The van der Waals surface area contributed by atoms with Gasteiger partial charge in [0.15, 0.2) is 0 Å². The van der Waals surface area contributed by atoms with Gasteiger partial charge in [-0.25, -0.2) is 4.79 Å². The van der Waals surface area contributed by atoms with Crippen LogP contribution in [0.2, 0.25) is 0 Å². The molecule has 1 N–H and O–H groups in total. The van der Waals surface area contributed by atoms with Gasteiger partial charge in [-0.05, 0) is 52.3 Å². The average molecular weight is 344 g/mol. The fourth-order valence-electron chi connectivity index (χ4n) is 3.97. The number of hydrogen-bond donors (Lipinski definition) is 1. The quantitative estimate of drug-likeness (QED) is 0.831. The van der Waals surface area contributed by atoms with Crippen molar-refractivity contribution in [3.8, 4) is 0 Å². The van der Waals surface area contributed by atoms with Crippen LogP contribution >= 0.6 is 0 Å². The Morgan fingerprint density at radius 1 is 1.36 bits per heavy atom. The molecule has 25 heavy (non-hydrogen) atoms. The van der Waals surface area contributed by atoms with Crippen LogP contribution in [0.1, 0.15) is 39.3 Å². The second-order valence-corrected chi connectivity index (χ2v) is 7.61. The predicted octanol–water partition coefficient (Wildman–Crippen LogP) is 2.05. The number of urea groups is 1. The highest BCUT2D eigenvalue weighted by Gasteiger charge is 2.53. The lowest BCUT2D eigenvalue weighted by molar-refractivity contribution is -0.134. The van der Waals surface area contributed by atoms with Crippen molar-refractivity contribution >= 4 is 11.9 Å². The van der Waals surface area contributed by atoms with Gasteiger partial charge in [0.05, 0.1) is 0 Å². The molecule has 2 atom stereocenters. The summed E-state index contributed by atoms with van der Waals surface area (Å²) in [5.74, 6) is 0.0641. The molecule has 0 aliphatic carbocycles. The van der Waals surface area contributed by atoms with Gasteiger partial charge >= 0.3 is 6.03 Å². The lowest BCUT2D eigenvalue weighted by Gasteiger charge is -2.40. The van der Waals surface area contributed by atoms with Crippen molar-refractivity contribution in [2.45, 2.75) is 51.6 Å². The Bertz CT molecular complexity index is 634. The molecule has 6 heteroatoms. The molecule has 0 saturated carbocycles. The van der Waals surface area contributed by atoms with E-state index in [-0.39, 0.29) is 23.9 Å². The fraction of sp³-hybridized carbons (Fsp3) is 0.632. The third kappa shape index (κ3) is 3.54. The maximum atomic E-state index is 12.9. The number of nitrogens with zero attached hydrogens (tertiary/aromatic N) is 3. The summed E-state index contributed by atoms with van der Waals surface area (Å²) in [5.41, 5.74) is 0.303. The number of imide groups is 1. The van der Waals surface area contributed by atoms with Crippen molar-refractivity contribution in [2.24, 2.45) is 5.92 Å². The number of aromatic nitrogens is 1. The number of piperidine rings is 1. The molecule has 2 aliphatic heterocycles. The molecule has 0 unspecified atom stereocenters. The number of carbonyl (C=O) groups excluding carboxylic acids is 2. The van der Waals surface area contributed by atoms with E-state index in [0.29, 0.717) is 0 Å². The van der Waals surface area contributed by atoms with Gasteiger partial charge in [-0.1, -0.05) is 6.07 Å². The van der Waals surface area contributed by atoms with Gasteiger partial charge in [0.25, 0.3) is 5.91 Å². The Kier molecular flexibility index (Phi) is 5.08. The van der Waals surface area contributed by atoms with Crippen LogP contribution in [0.15, 0.2) is 24.4 Å². The number of carbonyl (C=O) groups is 2. The molecule has 1 aromatic heterocycles.